The van der Waals surface area contributed by atoms with Crippen molar-refractivity contribution in [3.05, 3.63) is 68.9 Å². The van der Waals surface area contributed by atoms with Gasteiger partial charge in [0, 0.05) is 23.2 Å². The molecule has 5 nitrogen and oxygen atoms in total. The molecular formula is C23H24ClN3O2S. The van der Waals surface area contributed by atoms with Crippen molar-refractivity contribution in [1.29, 1.82) is 0 Å². The van der Waals surface area contributed by atoms with Crippen LogP contribution in [0.4, 0.5) is 0 Å². The van der Waals surface area contributed by atoms with Gasteiger partial charge in [0.05, 0.1) is 35.2 Å². The number of hydrogen-bond donors (Lipinski definition) is 0. The smallest absolute Gasteiger partial charge is 0.250 e. The van der Waals surface area contributed by atoms with Crippen LogP contribution in [-0.4, -0.2) is 34.0 Å². The number of halogens is 1. The van der Waals surface area contributed by atoms with Gasteiger partial charge in [-0.05, 0) is 62.6 Å². The Morgan fingerprint density at radius 2 is 2.13 bits per heavy atom. The van der Waals surface area contributed by atoms with Gasteiger partial charge in [-0.2, -0.15) is 0 Å². The SMILES string of the molecule is COc1cc(/C=C2\CCCN([C@H](C)c3ccc(Cl)s3)C2=O)ccc1-n1cnc(C)c1. The third-order valence-electron chi connectivity index (χ3n) is 5.39. The van der Waals surface area contributed by atoms with Crippen molar-refractivity contribution in [3.8, 4) is 11.4 Å². The maximum Gasteiger partial charge on any atom is 0.250 e. The van der Waals surface area contributed by atoms with Crippen LogP contribution in [0.1, 0.15) is 41.9 Å². The third kappa shape index (κ3) is 4.16. The van der Waals surface area contributed by atoms with Crippen LogP contribution in [0.3, 0.4) is 0 Å². The normalized spacial score (nSPS) is 16.9. The number of benzene rings is 1. The summed E-state index contributed by atoms with van der Waals surface area (Å²) in [4.78, 5) is 20.5. The van der Waals surface area contributed by atoms with E-state index in [2.05, 4.69) is 11.9 Å². The van der Waals surface area contributed by atoms with Crippen molar-refractivity contribution in [3.63, 3.8) is 0 Å². The van der Waals surface area contributed by atoms with Crippen molar-refractivity contribution in [2.24, 2.45) is 0 Å². The molecule has 3 heterocycles. The Morgan fingerprint density at radius 1 is 1.30 bits per heavy atom. The Hall–Kier alpha value is -2.57. The van der Waals surface area contributed by atoms with Gasteiger partial charge >= 0.3 is 0 Å². The minimum atomic E-state index is 0.0140. The Labute approximate surface area is 185 Å². The molecule has 0 radical (unpaired) electrons. The van der Waals surface area contributed by atoms with Gasteiger partial charge < -0.3 is 14.2 Å². The molecule has 0 unspecified atom stereocenters. The van der Waals surface area contributed by atoms with E-state index < -0.39 is 0 Å². The molecular weight excluding hydrogens is 418 g/mol. The lowest BCUT2D eigenvalue weighted by molar-refractivity contribution is -0.130. The molecule has 1 saturated heterocycles. The average molecular weight is 442 g/mol. The van der Waals surface area contributed by atoms with Gasteiger partial charge in [-0.15, -0.1) is 11.3 Å². The summed E-state index contributed by atoms with van der Waals surface area (Å²) in [6.45, 7) is 4.77. The van der Waals surface area contributed by atoms with Crippen LogP contribution >= 0.6 is 22.9 Å². The van der Waals surface area contributed by atoms with Crippen molar-refractivity contribution in [2.45, 2.75) is 32.7 Å². The number of hydrogen-bond acceptors (Lipinski definition) is 4. The molecule has 4 rings (SSSR count). The number of thiophene rings is 1. The highest BCUT2D eigenvalue weighted by Crippen LogP contribution is 2.34. The Kier molecular flexibility index (Phi) is 5.97. The second-order valence-electron chi connectivity index (χ2n) is 7.44. The van der Waals surface area contributed by atoms with Crippen LogP contribution in [0.15, 0.2) is 48.4 Å². The van der Waals surface area contributed by atoms with E-state index in [0.717, 1.165) is 56.9 Å². The second-order valence-corrected chi connectivity index (χ2v) is 9.19. The third-order valence-corrected chi connectivity index (χ3v) is 6.79. The van der Waals surface area contributed by atoms with Crippen molar-refractivity contribution >= 4 is 34.9 Å². The topological polar surface area (TPSA) is 47.4 Å². The van der Waals surface area contributed by atoms with Gasteiger partial charge in [-0.1, -0.05) is 17.7 Å². The minimum Gasteiger partial charge on any atom is -0.495 e. The second kappa shape index (κ2) is 8.66. The quantitative estimate of drug-likeness (QED) is 0.479. The van der Waals surface area contributed by atoms with Crippen LogP contribution in [-0.2, 0) is 4.79 Å². The Morgan fingerprint density at radius 3 is 2.80 bits per heavy atom. The maximum atomic E-state index is 13.2. The number of aryl methyl sites for hydroxylation is 1. The maximum absolute atomic E-state index is 13.2. The highest BCUT2D eigenvalue weighted by molar-refractivity contribution is 7.16. The molecule has 2 aromatic heterocycles. The highest BCUT2D eigenvalue weighted by atomic mass is 35.5. The van der Waals surface area contributed by atoms with Gasteiger partial charge in [0.25, 0.3) is 0 Å². The lowest BCUT2D eigenvalue weighted by Crippen LogP contribution is -2.38. The number of imidazole rings is 1. The Bertz CT molecular complexity index is 1100. The summed E-state index contributed by atoms with van der Waals surface area (Å²) in [5.74, 6) is 0.829. The summed E-state index contributed by atoms with van der Waals surface area (Å²) < 4.78 is 8.29. The van der Waals surface area contributed by atoms with Crippen LogP contribution in [0.2, 0.25) is 4.34 Å². The van der Waals surface area contributed by atoms with Gasteiger partial charge in [-0.25, -0.2) is 4.98 Å². The molecule has 1 amide bonds. The zero-order valence-electron chi connectivity index (χ0n) is 17.3. The summed E-state index contributed by atoms with van der Waals surface area (Å²) in [5, 5.41) is 0. The zero-order valence-corrected chi connectivity index (χ0v) is 18.8. The molecule has 0 saturated carbocycles. The molecule has 0 N–H and O–H groups in total. The number of carbonyl (C=O) groups is 1. The van der Waals surface area contributed by atoms with E-state index in [1.54, 1.807) is 13.4 Å². The zero-order chi connectivity index (χ0) is 21.3. The molecule has 1 fully saturated rings. The molecule has 0 aliphatic carbocycles. The van der Waals surface area contributed by atoms with Crippen LogP contribution < -0.4 is 4.74 Å². The number of piperidine rings is 1. The first-order valence-electron chi connectivity index (χ1n) is 9.92. The number of methoxy groups -OCH3 is 1. The first-order valence-corrected chi connectivity index (χ1v) is 11.1. The summed E-state index contributed by atoms with van der Waals surface area (Å²) >= 11 is 7.62. The summed E-state index contributed by atoms with van der Waals surface area (Å²) in [6, 6.07) is 9.87. The molecule has 1 aliphatic heterocycles. The van der Waals surface area contributed by atoms with Gasteiger partial charge in [0.15, 0.2) is 0 Å². The number of nitrogens with zero attached hydrogens (tertiary/aromatic N) is 3. The van der Waals surface area contributed by atoms with Crippen LogP contribution in [0.25, 0.3) is 11.8 Å². The summed E-state index contributed by atoms with van der Waals surface area (Å²) in [5.41, 5.74) is 3.63. The van der Waals surface area contributed by atoms with Crippen LogP contribution in [0, 0.1) is 6.92 Å². The lowest BCUT2D eigenvalue weighted by Gasteiger charge is -2.33. The van der Waals surface area contributed by atoms with E-state index in [4.69, 9.17) is 16.3 Å². The lowest BCUT2D eigenvalue weighted by atomic mass is 9.99. The van der Waals surface area contributed by atoms with E-state index in [-0.39, 0.29) is 11.9 Å². The van der Waals surface area contributed by atoms with Crippen molar-refractivity contribution < 1.29 is 9.53 Å². The standard InChI is InChI=1S/C23H24ClN3O2S/c1-15-13-26(14-25-15)19-7-6-17(12-20(19)29-3)11-18-5-4-10-27(23(18)28)16(2)21-8-9-22(24)30-21/h6-9,11-14,16H,4-5,10H2,1-3H3/b18-11+/t16-/m1/s1. The highest BCUT2D eigenvalue weighted by Gasteiger charge is 2.28. The van der Waals surface area contributed by atoms with Crippen molar-refractivity contribution in [1.82, 2.24) is 14.5 Å². The number of likely N-dealkylation sites (tertiary alicyclic amines) is 1. The van der Waals surface area contributed by atoms with Crippen LogP contribution in [0.5, 0.6) is 5.75 Å². The number of carbonyl (C=O) groups excluding carboxylic acids is 1. The molecule has 0 bridgehead atoms. The number of amides is 1. The largest absolute Gasteiger partial charge is 0.495 e. The molecule has 156 valence electrons. The summed E-state index contributed by atoms with van der Waals surface area (Å²) in [7, 11) is 1.65. The first kappa shape index (κ1) is 20.7. The van der Waals surface area contributed by atoms with Crippen molar-refractivity contribution in [2.75, 3.05) is 13.7 Å². The fourth-order valence-corrected chi connectivity index (χ4v) is 4.92. The first-order chi connectivity index (χ1) is 14.5. The number of rotatable bonds is 5. The summed E-state index contributed by atoms with van der Waals surface area (Å²) in [6.07, 6.45) is 7.43. The fraction of sp³-hybridized carbons (Fsp3) is 0.304. The van der Waals surface area contributed by atoms with E-state index >= 15 is 0 Å². The predicted molar refractivity (Wildman–Crippen MR) is 122 cm³/mol. The average Bonchev–Trinajstić information content (AvgIpc) is 3.37. The fourth-order valence-electron chi connectivity index (χ4n) is 3.79. The number of ether oxygens (including phenoxy) is 1. The molecule has 1 aromatic carbocycles. The molecule has 1 aliphatic rings. The van der Waals surface area contributed by atoms with Gasteiger partial charge in [0.2, 0.25) is 5.91 Å². The molecule has 3 aromatic rings. The van der Waals surface area contributed by atoms with Gasteiger partial charge in [0.1, 0.15) is 5.75 Å². The Balaban J connectivity index is 1.60. The van der Waals surface area contributed by atoms with E-state index in [0.29, 0.717) is 0 Å². The molecule has 1 atom stereocenters. The monoisotopic (exact) mass is 441 g/mol. The van der Waals surface area contributed by atoms with E-state index in [9.17, 15) is 4.79 Å². The molecule has 30 heavy (non-hydrogen) atoms. The van der Waals surface area contributed by atoms with E-state index in [1.165, 1.54) is 11.3 Å². The predicted octanol–water partition coefficient (Wildman–Crippen LogP) is 5.67. The minimum absolute atomic E-state index is 0.0140. The molecule has 0 spiro atoms. The number of aromatic nitrogens is 2. The molecule has 7 heteroatoms. The van der Waals surface area contributed by atoms with Gasteiger partial charge in [-0.3, -0.25) is 4.79 Å². The van der Waals surface area contributed by atoms with E-state index in [1.807, 2.05) is 59.0 Å².